The molecule has 0 N–H and O–H groups in total. The first-order chi connectivity index (χ1) is 34.4. The maximum Gasteiger partial charge on any atom is 0.0543 e. The third kappa shape index (κ3) is 6.98. The van der Waals surface area contributed by atoms with Gasteiger partial charge in [0.15, 0.2) is 0 Å². The molecule has 9 aromatic rings. The summed E-state index contributed by atoms with van der Waals surface area (Å²) in [4.78, 5) is 4.93. The van der Waals surface area contributed by atoms with Gasteiger partial charge in [-0.2, -0.15) is 0 Å². The molecule has 0 bridgehead atoms. The molecule has 12 rings (SSSR count). The Morgan fingerprint density at radius 2 is 0.775 bits per heavy atom. The SMILES string of the molecule is C/C=C\C1=C(C)c2ccc(N(c3ccccc3)c3cccc4c3-c3cc5c(cc3C4(C)C)-c3ccc(N(c4ccc(-c6ccccc6)cc4)c4ccc(-c6ccccc6)cc4)cc3C5(C)C)cc2C1(C)C. The Bertz CT molecular complexity index is 3510. The van der Waals surface area contributed by atoms with E-state index in [1.165, 1.54) is 100 Å². The Labute approximate surface area is 420 Å². The Kier molecular flexibility index (Phi) is 10.4. The van der Waals surface area contributed by atoms with E-state index < -0.39 is 0 Å². The molecule has 2 nitrogen and oxygen atoms in total. The lowest BCUT2D eigenvalue weighted by Gasteiger charge is -2.30. The molecule has 0 saturated carbocycles. The Morgan fingerprint density at radius 1 is 0.338 bits per heavy atom. The van der Waals surface area contributed by atoms with Gasteiger partial charge in [-0.25, -0.2) is 0 Å². The van der Waals surface area contributed by atoms with Crippen LogP contribution < -0.4 is 9.80 Å². The lowest BCUT2D eigenvalue weighted by Crippen LogP contribution is -2.18. The topological polar surface area (TPSA) is 6.48 Å². The van der Waals surface area contributed by atoms with Crippen LogP contribution in [0.1, 0.15) is 88.8 Å². The van der Waals surface area contributed by atoms with Gasteiger partial charge < -0.3 is 9.80 Å². The summed E-state index contributed by atoms with van der Waals surface area (Å²) in [7, 11) is 0. The first kappa shape index (κ1) is 44.3. The van der Waals surface area contributed by atoms with Crippen molar-refractivity contribution in [2.45, 2.75) is 71.6 Å². The number of nitrogens with zero attached hydrogens (tertiary/aromatic N) is 2. The van der Waals surface area contributed by atoms with Crippen molar-refractivity contribution in [1.29, 1.82) is 0 Å². The lowest BCUT2D eigenvalue weighted by molar-refractivity contribution is 0.652. The molecule has 0 heterocycles. The zero-order valence-electron chi connectivity index (χ0n) is 42.2. The van der Waals surface area contributed by atoms with E-state index in [0.717, 1.165) is 22.7 Å². The van der Waals surface area contributed by atoms with Crippen molar-refractivity contribution >= 4 is 39.7 Å². The monoisotopic (exact) mass is 916 g/mol. The van der Waals surface area contributed by atoms with Crippen LogP contribution in [0.15, 0.2) is 224 Å². The average Bonchev–Trinajstić information content (AvgIpc) is 3.85. The van der Waals surface area contributed by atoms with Gasteiger partial charge >= 0.3 is 0 Å². The largest absolute Gasteiger partial charge is 0.310 e. The minimum absolute atomic E-state index is 0.116. The first-order valence-electron chi connectivity index (χ1n) is 25.3. The van der Waals surface area contributed by atoms with Crippen LogP contribution in [0.25, 0.3) is 50.1 Å². The second-order valence-corrected chi connectivity index (χ2v) is 21.3. The first-order valence-corrected chi connectivity index (χ1v) is 25.3. The zero-order chi connectivity index (χ0) is 48.8. The summed E-state index contributed by atoms with van der Waals surface area (Å²) in [5.41, 5.74) is 27.4. The van der Waals surface area contributed by atoms with Crippen LogP contribution in [0, 0.1) is 0 Å². The summed E-state index contributed by atoms with van der Waals surface area (Å²) in [6.07, 6.45) is 4.48. The molecule has 0 aliphatic heterocycles. The summed E-state index contributed by atoms with van der Waals surface area (Å²) < 4.78 is 0. The van der Waals surface area contributed by atoms with Crippen molar-refractivity contribution in [1.82, 2.24) is 0 Å². The molecule has 3 aliphatic rings. The number of allylic oxidation sites excluding steroid dienone is 4. The molecule has 2 heteroatoms. The molecule has 0 spiro atoms. The number of hydrogen-bond donors (Lipinski definition) is 0. The average molecular weight is 917 g/mol. The summed E-state index contributed by atoms with van der Waals surface area (Å²) in [5.74, 6) is 0. The van der Waals surface area contributed by atoms with Gasteiger partial charge in [0.25, 0.3) is 0 Å². The maximum atomic E-state index is 2.56. The van der Waals surface area contributed by atoms with E-state index in [1.807, 2.05) is 0 Å². The van der Waals surface area contributed by atoms with Crippen LogP contribution in [-0.2, 0) is 16.2 Å². The van der Waals surface area contributed by atoms with Gasteiger partial charge in [0, 0.05) is 50.2 Å². The summed E-state index contributed by atoms with van der Waals surface area (Å²) in [6, 6.07) is 76.8. The number of benzene rings is 9. The molecule has 0 unspecified atom stereocenters. The molecule has 0 aromatic heterocycles. The summed E-state index contributed by atoms with van der Waals surface area (Å²) >= 11 is 0. The molecular formula is C69H60N2. The molecule has 0 radical (unpaired) electrons. The maximum absolute atomic E-state index is 2.56. The van der Waals surface area contributed by atoms with Crippen molar-refractivity contribution in [2.75, 3.05) is 9.80 Å². The highest BCUT2D eigenvalue weighted by Gasteiger charge is 2.44. The normalized spacial score (nSPS) is 15.3. The van der Waals surface area contributed by atoms with Crippen LogP contribution in [-0.4, -0.2) is 0 Å². The number of rotatable bonds is 9. The number of para-hydroxylation sites is 1. The van der Waals surface area contributed by atoms with Crippen LogP contribution in [0.4, 0.5) is 34.1 Å². The van der Waals surface area contributed by atoms with Gasteiger partial charge in [-0.1, -0.05) is 181 Å². The smallest absolute Gasteiger partial charge is 0.0543 e. The predicted octanol–water partition coefficient (Wildman–Crippen LogP) is 19.2. The molecule has 9 aromatic carbocycles. The van der Waals surface area contributed by atoms with Crippen molar-refractivity contribution < 1.29 is 0 Å². The standard InChI is InChI=1S/C69H60N2/c1-9-20-59-45(2)55-39-37-54(42-61(55)67(59,3)4)71(50-25-17-12-18-26-50)65-28-19-27-60-66(65)58-44-63-57(43-64(58)68(60,5)6)56-40-38-53(41-62(56)69(63,7)8)70(51-33-29-48(30-34-51)46-21-13-10-14-22-46)52-35-31-49(32-36-52)47-23-15-11-16-24-47/h9-44H,1-8H3/b20-9-. The summed E-state index contributed by atoms with van der Waals surface area (Å²) in [6.45, 7) is 18.8. The van der Waals surface area contributed by atoms with Gasteiger partial charge in [0.2, 0.25) is 0 Å². The fourth-order valence-corrected chi connectivity index (χ4v) is 12.4. The van der Waals surface area contributed by atoms with Gasteiger partial charge in [0.05, 0.1) is 5.69 Å². The molecular weight excluding hydrogens is 857 g/mol. The van der Waals surface area contributed by atoms with Gasteiger partial charge in [-0.3, -0.25) is 0 Å². The molecule has 0 amide bonds. The number of hydrogen-bond acceptors (Lipinski definition) is 2. The summed E-state index contributed by atoms with van der Waals surface area (Å²) in [5, 5.41) is 0. The second kappa shape index (κ2) is 16.6. The van der Waals surface area contributed by atoms with E-state index >= 15 is 0 Å². The fourth-order valence-electron chi connectivity index (χ4n) is 12.4. The lowest BCUT2D eigenvalue weighted by atomic mass is 9.79. The molecule has 0 atom stereocenters. The van der Waals surface area contributed by atoms with Crippen LogP contribution in [0.2, 0.25) is 0 Å². The van der Waals surface area contributed by atoms with Crippen molar-refractivity contribution in [3.63, 3.8) is 0 Å². The van der Waals surface area contributed by atoms with E-state index in [-0.39, 0.29) is 16.2 Å². The Morgan fingerprint density at radius 3 is 1.35 bits per heavy atom. The highest BCUT2D eigenvalue weighted by atomic mass is 15.1. The predicted molar refractivity (Wildman–Crippen MR) is 302 cm³/mol. The highest BCUT2D eigenvalue weighted by Crippen LogP contribution is 2.60. The third-order valence-electron chi connectivity index (χ3n) is 16.2. The third-order valence-corrected chi connectivity index (χ3v) is 16.2. The molecule has 0 saturated heterocycles. The van der Waals surface area contributed by atoms with Crippen LogP contribution in [0.5, 0.6) is 0 Å². The van der Waals surface area contributed by atoms with E-state index in [1.54, 1.807) is 0 Å². The Balaban J connectivity index is 0.975. The number of fused-ring (bicyclic) bond motifs is 7. The van der Waals surface area contributed by atoms with Gasteiger partial charge in [-0.15, -0.1) is 0 Å². The van der Waals surface area contributed by atoms with E-state index in [2.05, 4.69) is 284 Å². The van der Waals surface area contributed by atoms with E-state index in [0.29, 0.717) is 0 Å². The minimum Gasteiger partial charge on any atom is -0.310 e. The van der Waals surface area contributed by atoms with E-state index in [9.17, 15) is 0 Å². The number of anilines is 6. The molecule has 0 fully saturated rings. The van der Waals surface area contributed by atoms with E-state index in [4.69, 9.17) is 0 Å². The quantitative estimate of drug-likeness (QED) is 0.142. The van der Waals surface area contributed by atoms with Gasteiger partial charge in [0.1, 0.15) is 0 Å². The van der Waals surface area contributed by atoms with Crippen LogP contribution in [0.3, 0.4) is 0 Å². The Hall–Kier alpha value is -7.94. The van der Waals surface area contributed by atoms with Gasteiger partial charge in [-0.05, 0) is 176 Å². The fraction of sp³-hybridized carbons (Fsp3) is 0.159. The van der Waals surface area contributed by atoms with Crippen LogP contribution >= 0.6 is 0 Å². The highest BCUT2D eigenvalue weighted by molar-refractivity contribution is 5.98. The molecule has 346 valence electrons. The minimum atomic E-state index is -0.266. The zero-order valence-corrected chi connectivity index (χ0v) is 42.2. The second-order valence-electron chi connectivity index (χ2n) is 21.3. The molecule has 3 aliphatic carbocycles. The van der Waals surface area contributed by atoms with Crippen molar-refractivity contribution in [3.05, 3.63) is 257 Å². The van der Waals surface area contributed by atoms with Crippen molar-refractivity contribution in [3.8, 4) is 44.5 Å². The van der Waals surface area contributed by atoms with Crippen molar-refractivity contribution in [2.24, 2.45) is 0 Å². The molecule has 71 heavy (non-hydrogen) atoms.